The summed E-state index contributed by atoms with van der Waals surface area (Å²) in [6, 6.07) is 5.57. The SMILES string of the molecule is Cn1cccc1NC(=O)c1ccsc1. The molecule has 72 valence electrons. The average Bonchev–Trinajstić information content (AvgIpc) is 2.77. The second-order valence-electron chi connectivity index (χ2n) is 2.97. The van der Waals surface area contributed by atoms with Crippen molar-refractivity contribution in [2.24, 2.45) is 7.05 Å². The van der Waals surface area contributed by atoms with E-state index in [4.69, 9.17) is 0 Å². The number of nitrogens with zero attached hydrogens (tertiary/aromatic N) is 1. The Kier molecular flexibility index (Phi) is 2.37. The monoisotopic (exact) mass is 206 g/mol. The van der Waals surface area contributed by atoms with E-state index in [1.807, 2.05) is 46.8 Å². The number of carbonyl (C=O) groups is 1. The van der Waals surface area contributed by atoms with Crippen LogP contribution in [0.2, 0.25) is 0 Å². The van der Waals surface area contributed by atoms with Gasteiger partial charge in [0.1, 0.15) is 5.82 Å². The third kappa shape index (κ3) is 1.70. The largest absolute Gasteiger partial charge is 0.338 e. The van der Waals surface area contributed by atoms with E-state index in [0.717, 1.165) is 5.82 Å². The molecule has 0 aliphatic heterocycles. The fraction of sp³-hybridized carbons (Fsp3) is 0.100. The predicted octanol–water partition coefficient (Wildman–Crippen LogP) is 2.34. The van der Waals surface area contributed by atoms with Gasteiger partial charge in [0.25, 0.3) is 5.91 Å². The molecule has 0 bridgehead atoms. The summed E-state index contributed by atoms with van der Waals surface area (Å²) in [6.07, 6.45) is 1.89. The van der Waals surface area contributed by atoms with Crippen LogP contribution in [0.25, 0.3) is 0 Å². The zero-order valence-corrected chi connectivity index (χ0v) is 8.54. The molecule has 1 N–H and O–H groups in total. The summed E-state index contributed by atoms with van der Waals surface area (Å²) >= 11 is 1.52. The minimum Gasteiger partial charge on any atom is -0.338 e. The molecule has 0 saturated carbocycles. The van der Waals surface area contributed by atoms with E-state index < -0.39 is 0 Å². The lowest BCUT2D eigenvalue weighted by molar-refractivity contribution is 0.102. The number of nitrogens with one attached hydrogen (secondary N) is 1. The van der Waals surface area contributed by atoms with Gasteiger partial charge in [-0.25, -0.2) is 0 Å². The molecule has 0 aliphatic carbocycles. The zero-order chi connectivity index (χ0) is 9.97. The van der Waals surface area contributed by atoms with Gasteiger partial charge in [0.05, 0.1) is 5.56 Å². The van der Waals surface area contributed by atoms with E-state index in [1.54, 1.807) is 0 Å². The minimum absolute atomic E-state index is 0.0620. The molecule has 2 aromatic heterocycles. The smallest absolute Gasteiger partial charge is 0.257 e. The lowest BCUT2D eigenvalue weighted by Crippen LogP contribution is -2.12. The van der Waals surface area contributed by atoms with Gasteiger partial charge in [0.2, 0.25) is 0 Å². The van der Waals surface area contributed by atoms with Crippen molar-refractivity contribution in [3.63, 3.8) is 0 Å². The predicted molar refractivity (Wildman–Crippen MR) is 57.7 cm³/mol. The van der Waals surface area contributed by atoms with E-state index in [2.05, 4.69) is 5.32 Å². The van der Waals surface area contributed by atoms with Crippen molar-refractivity contribution in [3.8, 4) is 0 Å². The minimum atomic E-state index is -0.0620. The summed E-state index contributed by atoms with van der Waals surface area (Å²) in [4.78, 5) is 11.6. The maximum atomic E-state index is 11.6. The normalized spacial score (nSPS) is 10.1. The van der Waals surface area contributed by atoms with Gasteiger partial charge in [0, 0.05) is 18.6 Å². The Morgan fingerprint density at radius 2 is 2.36 bits per heavy atom. The highest BCUT2D eigenvalue weighted by atomic mass is 32.1. The van der Waals surface area contributed by atoms with Crippen molar-refractivity contribution in [1.82, 2.24) is 4.57 Å². The van der Waals surface area contributed by atoms with Crippen LogP contribution in [-0.2, 0) is 7.05 Å². The van der Waals surface area contributed by atoms with Gasteiger partial charge < -0.3 is 9.88 Å². The lowest BCUT2D eigenvalue weighted by Gasteiger charge is -2.04. The van der Waals surface area contributed by atoms with Gasteiger partial charge in [-0.3, -0.25) is 4.79 Å². The van der Waals surface area contributed by atoms with E-state index in [-0.39, 0.29) is 5.91 Å². The van der Waals surface area contributed by atoms with Crippen molar-refractivity contribution < 1.29 is 4.79 Å². The number of hydrogen-bond donors (Lipinski definition) is 1. The Balaban J connectivity index is 2.13. The van der Waals surface area contributed by atoms with E-state index in [1.165, 1.54) is 11.3 Å². The first-order valence-electron chi connectivity index (χ1n) is 4.22. The topological polar surface area (TPSA) is 34.0 Å². The molecule has 0 unspecified atom stereocenters. The molecule has 0 radical (unpaired) electrons. The van der Waals surface area contributed by atoms with Crippen LogP contribution in [0.5, 0.6) is 0 Å². The van der Waals surface area contributed by atoms with E-state index in [9.17, 15) is 4.79 Å². The van der Waals surface area contributed by atoms with Crippen LogP contribution in [0.15, 0.2) is 35.2 Å². The second kappa shape index (κ2) is 3.67. The van der Waals surface area contributed by atoms with Crippen molar-refractivity contribution in [2.75, 3.05) is 5.32 Å². The van der Waals surface area contributed by atoms with Crippen LogP contribution in [0, 0.1) is 0 Å². The summed E-state index contributed by atoms with van der Waals surface area (Å²) in [7, 11) is 1.89. The van der Waals surface area contributed by atoms with Crippen LogP contribution in [-0.4, -0.2) is 10.5 Å². The molecule has 0 spiro atoms. The van der Waals surface area contributed by atoms with Crippen LogP contribution in [0.1, 0.15) is 10.4 Å². The zero-order valence-electron chi connectivity index (χ0n) is 7.73. The highest BCUT2D eigenvalue weighted by Crippen LogP contribution is 2.11. The quantitative estimate of drug-likeness (QED) is 0.804. The van der Waals surface area contributed by atoms with E-state index in [0.29, 0.717) is 5.56 Å². The number of amides is 1. The molecule has 3 nitrogen and oxygen atoms in total. The Bertz CT molecular complexity index is 431. The maximum absolute atomic E-state index is 11.6. The Labute approximate surface area is 86.0 Å². The molecule has 2 aromatic rings. The molecule has 14 heavy (non-hydrogen) atoms. The third-order valence-electron chi connectivity index (χ3n) is 1.97. The average molecular weight is 206 g/mol. The summed E-state index contributed by atoms with van der Waals surface area (Å²) in [5.74, 6) is 0.745. The second-order valence-corrected chi connectivity index (χ2v) is 3.75. The summed E-state index contributed by atoms with van der Waals surface area (Å²) in [5.41, 5.74) is 0.705. The first-order chi connectivity index (χ1) is 6.77. The first-order valence-corrected chi connectivity index (χ1v) is 5.16. The highest BCUT2D eigenvalue weighted by Gasteiger charge is 2.06. The van der Waals surface area contributed by atoms with Crippen LogP contribution < -0.4 is 5.32 Å². The molecule has 2 heterocycles. The molecule has 0 saturated heterocycles. The number of aryl methyl sites for hydroxylation is 1. The van der Waals surface area contributed by atoms with Gasteiger partial charge in [-0.1, -0.05) is 0 Å². The Morgan fingerprint density at radius 1 is 1.50 bits per heavy atom. The molecule has 0 aromatic carbocycles. The standard InChI is InChI=1S/C10H10N2OS/c1-12-5-2-3-9(12)11-10(13)8-4-6-14-7-8/h2-7H,1H3,(H,11,13). The summed E-state index contributed by atoms with van der Waals surface area (Å²) in [5, 5.41) is 6.54. The maximum Gasteiger partial charge on any atom is 0.257 e. The Morgan fingerprint density at radius 3 is 2.93 bits per heavy atom. The number of anilines is 1. The molecule has 1 amide bonds. The Hall–Kier alpha value is -1.55. The molecular weight excluding hydrogens is 196 g/mol. The highest BCUT2D eigenvalue weighted by molar-refractivity contribution is 7.08. The van der Waals surface area contributed by atoms with Gasteiger partial charge in [-0.05, 0) is 23.6 Å². The number of carbonyl (C=O) groups excluding carboxylic acids is 1. The first kappa shape index (κ1) is 9.02. The van der Waals surface area contributed by atoms with Crippen molar-refractivity contribution in [3.05, 3.63) is 40.7 Å². The summed E-state index contributed by atoms with van der Waals surface area (Å²) in [6.45, 7) is 0. The van der Waals surface area contributed by atoms with Crippen LogP contribution >= 0.6 is 11.3 Å². The lowest BCUT2D eigenvalue weighted by atomic mass is 10.3. The van der Waals surface area contributed by atoms with Crippen molar-refractivity contribution >= 4 is 23.1 Å². The summed E-state index contributed by atoms with van der Waals surface area (Å²) < 4.78 is 1.87. The molecular formula is C10H10N2OS. The number of hydrogen-bond acceptors (Lipinski definition) is 2. The molecule has 4 heteroatoms. The van der Waals surface area contributed by atoms with Crippen LogP contribution in [0.4, 0.5) is 5.82 Å². The fourth-order valence-electron chi connectivity index (χ4n) is 1.17. The fourth-order valence-corrected chi connectivity index (χ4v) is 1.81. The molecule has 2 rings (SSSR count). The molecule has 0 atom stereocenters. The van der Waals surface area contributed by atoms with Crippen LogP contribution in [0.3, 0.4) is 0 Å². The number of rotatable bonds is 2. The van der Waals surface area contributed by atoms with Crippen molar-refractivity contribution in [1.29, 1.82) is 0 Å². The third-order valence-corrected chi connectivity index (χ3v) is 2.65. The molecule has 0 aliphatic rings. The number of thiophene rings is 1. The van der Waals surface area contributed by atoms with Gasteiger partial charge in [-0.2, -0.15) is 11.3 Å². The van der Waals surface area contributed by atoms with E-state index >= 15 is 0 Å². The number of aromatic nitrogens is 1. The van der Waals surface area contributed by atoms with Gasteiger partial charge >= 0.3 is 0 Å². The van der Waals surface area contributed by atoms with Gasteiger partial charge in [-0.15, -0.1) is 0 Å². The molecule has 0 fully saturated rings. The van der Waals surface area contributed by atoms with Gasteiger partial charge in [0.15, 0.2) is 0 Å². The van der Waals surface area contributed by atoms with Crippen molar-refractivity contribution in [2.45, 2.75) is 0 Å².